The average Bonchev–Trinajstić information content (AvgIpc) is 2.40. The van der Waals surface area contributed by atoms with Gasteiger partial charge in [-0.3, -0.25) is 14.5 Å². The van der Waals surface area contributed by atoms with Gasteiger partial charge in [-0.2, -0.15) is 0 Å². The zero-order chi connectivity index (χ0) is 13.0. The van der Waals surface area contributed by atoms with Gasteiger partial charge in [0.1, 0.15) is 0 Å². The van der Waals surface area contributed by atoms with E-state index in [9.17, 15) is 14.7 Å². The first-order valence-corrected chi connectivity index (χ1v) is 5.91. The highest BCUT2D eigenvalue weighted by atomic mass is 16.3. The summed E-state index contributed by atoms with van der Waals surface area (Å²) in [5.41, 5.74) is 1.06. The van der Waals surface area contributed by atoms with Crippen molar-refractivity contribution in [3.63, 3.8) is 0 Å². The molecule has 0 bridgehead atoms. The molecule has 1 N–H and O–H groups in total. The van der Waals surface area contributed by atoms with Crippen molar-refractivity contribution in [2.75, 3.05) is 6.54 Å². The Balaban J connectivity index is 1.92. The van der Waals surface area contributed by atoms with Gasteiger partial charge in [0.15, 0.2) is 0 Å². The van der Waals surface area contributed by atoms with Crippen molar-refractivity contribution in [3.05, 3.63) is 48.0 Å². The summed E-state index contributed by atoms with van der Waals surface area (Å²) in [6.45, 7) is 0.0585. The van der Waals surface area contributed by atoms with Crippen LogP contribution in [0.4, 0.5) is 0 Å². The lowest BCUT2D eigenvalue weighted by atomic mass is 10.1. The second-order valence-corrected chi connectivity index (χ2v) is 4.25. The first kappa shape index (κ1) is 12.5. The Morgan fingerprint density at radius 2 is 2.06 bits per heavy atom. The van der Waals surface area contributed by atoms with Crippen molar-refractivity contribution < 1.29 is 14.7 Å². The Kier molecular flexibility index (Phi) is 3.89. The molecule has 1 atom stereocenters. The minimum absolute atomic E-state index is 0.0585. The Bertz CT molecular complexity index is 467. The number of amides is 2. The van der Waals surface area contributed by atoms with Crippen LogP contribution in [0.15, 0.2) is 42.5 Å². The highest BCUT2D eigenvalue weighted by Crippen LogP contribution is 2.09. The van der Waals surface area contributed by atoms with Crippen LogP contribution in [0.2, 0.25) is 0 Å². The quantitative estimate of drug-likeness (QED) is 0.861. The molecule has 1 heterocycles. The molecular weight excluding hydrogens is 230 g/mol. The number of hydrogen-bond acceptors (Lipinski definition) is 3. The molecule has 2 rings (SSSR count). The molecule has 0 radical (unpaired) electrons. The average molecular weight is 245 g/mol. The van der Waals surface area contributed by atoms with Crippen molar-refractivity contribution in [1.29, 1.82) is 0 Å². The molecule has 1 aliphatic heterocycles. The zero-order valence-corrected chi connectivity index (χ0v) is 9.95. The third-order valence-corrected chi connectivity index (χ3v) is 2.87. The lowest BCUT2D eigenvalue weighted by molar-refractivity contribution is -0.143. The summed E-state index contributed by atoms with van der Waals surface area (Å²) in [7, 11) is 0. The number of benzene rings is 1. The van der Waals surface area contributed by atoms with E-state index >= 15 is 0 Å². The number of aryl methyl sites for hydroxylation is 1. The van der Waals surface area contributed by atoms with Gasteiger partial charge in [0.2, 0.25) is 5.91 Å². The topological polar surface area (TPSA) is 57.6 Å². The summed E-state index contributed by atoms with van der Waals surface area (Å²) < 4.78 is 0. The van der Waals surface area contributed by atoms with Crippen LogP contribution in [0.1, 0.15) is 12.0 Å². The highest BCUT2D eigenvalue weighted by molar-refractivity contribution is 6.01. The third kappa shape index (κ3) is 3.05. The van der Waals surface area contributed by atoms with Crippen LogP contribution in [-0.2, 0) is 16.0 Å². The molecule has 94 valence electrons. The van der Waals surface area contributed by atoms with Gasteiger partial charge in [-0.05, 0) is 18.1 Å². The largest absolute Gasteiger partial charge is 0.387 e. The van der Waals surface area contributed by atoms with E-state index in [1.165, 1.54) is 12.2 Å². The predicted octanol–water partition coefficient (Wildman–Crippen LogP) is 0.905. The standard InChI is InChI=1S/C14H15NO3/c16-12-7-9-14(18)15(10-12)13(17)8-6-11-4-2-1-3-5-11/h1-5,7,9,12,16H,6,8,10H2. The minimum atomic E-state index is -0.747. The van der Waals surface area contributed by atoms with E-state index in [2.05, 4.69) is 0 Å². The van der Waals surface area contributed by atoms with E-state index in [0.29, 0.717) is 6.42 Å². The first-order chi connectivity index (χ1) is 8.66. The third-order valence-electron chi connectivity index (χ3n) is 2.87. The monoisotopic (exact) mass is 245 g/mol. The van der Waals surface area contributed by atoms with Crippen molar-refractivity contribution in [1.82, 2.24) is 4.90 Å². The number of aliphatic hydroxyl groups excluding tert-OH is 1. The van der Waals surface area contributed by atoms with Crippen LogP contribution in [-0.4, -0.2) is 34.5 Å². The van der Waals surface area contributed by atoms with E-state index in [4.69, 9.17) is 0 Å². The van der Waals surface area contributed by atoms with Crippen LogP contribution >= 0.6 is 0 Å². The fourth-order valence-electron chi connectivity index (χ4n) is 1.88. The van der Waals surface area contributed by atoms with Gasteiger partial charge in [-0.15, -0.1) is 0 Å². The smallest absolute Gasteiger partial charge is 0.253 e. The lowest BCUT2D eigenvalue weighted by Crippen LogP contribution is -2.43. The van der Waals surface area contributed by atoms with Gasteiger partial charge in [-0.25, -0.2) is 0 Å². The van der Waals surface area contributed by atoms with E-state index in [1.54, 1.807) is 0 Å². The number of hydrogen-bond donors (Lipinski definition) is 1. The van der Waals surface area contributed by atoms with E-state index in [0.717, 1.165) is 10.5 Å². The van der Waals surface area contributed by atoms with Gasteiger partial charge in [0.25, 0.3) is 5.91 Å². The van der Waals surface area contributed by atoms with Crippen molar-refractivity contribution in [3.8, 4) is 0 Å². The summed E-state index contributed by atoms with van der Waals surface area (Å²) in [5.74, 6) is -0.592. The molecule has 0 spiro atoms. The number of imide groups is 1. The number of carbonyl (C=O) groups is 2. The summed E-state index contributed by atoms with van der Waals surface area (Å²) >= 11 is 0. The maximum absolute atomic E-state index is 11.9. The van der Waals surface area contributed by atoms with Gasteiger partial charge in [0, 0.05) is 12.5 Å². The molecule has 0 fully saturated rings. The second-order valence-electron chi connectivity index (χ2n) is 4.25. The molecule has 18 heavy (non-hydrogen) atoms. The molecule has 0 aromatic heterocycles. The van der Waals surface area contributed by atoms with Crippen molar-refractivity contribution >= 4 is 11.8 Å². The fourth-order valence-corrected chi connectivity index (χ4v) is 1.88. The van der Waals surface area contributed by atoms with E-state index in [-0.39, 0.29) is 24.8 Å². The molecule has 1 unspecified atom stereocenters. The zero-order valence-electron chi connectivity index (χ0n) is 9.95. The number of aliphatic hydroxyl groups is 1. The second kappa shape index (κ2) is 5.60. The maximum Gasteiger partial charge on any atom is 0.253 e. The maximum atomic E-state index is 11.9. The minimum Gasteiger partial charge on any atom is -0.387 e. The summed E-state index contributed by atoms with van der Waals surface area (Å²) in [5, 5.41) is 9.40. The van der Waals surface area contributed by atoms with E-state index < -0.39 is 6.10 Å². The van der Waals surface area contributed by atoms with Crippen LogP contribution in [0, 0.1) is 0 Å². The fraction of sp³-hybridized carbons (Fsp3) is 0.286. The van der Waals surface area contributed by atoms with Crippen LogP contribution in [0.3, 0.4) is 0 Å². The molecule has 0 aliphatic carbocycles. The Morgan fingerprint density at radius 1 is 1.33 bits per heavy atom. The summed E-state index contributed by atoms with van der Waals surface area (Å²) in [6.07, 6.45) is 2.78. The number of carbonyl (C=O) groups excluding carboxylic acids is 2. The van der Waals surface area contributed by atoms with Gasteiger partial charge in [0.05, 0.1) is 12.6 Å². The molecule has 2 amide bonds. The molecule has 4 heteroatoms. The van der Waals surface area contributed by atoms with Crippen LogP contribution in [0.25, 0.3) is 0 Å². The van der Waals surface area contributed by atoms with Crippen molar-refractivity contribution in [2.24, 2.45) is 0 Å². The highest BCUT2D eigenvalue weighted by Gasteiger charge is 2.24. The van der Waals surface area contributed by atoms with E-state index in [1.807, 2.05) is 30.3 Å². The van der Waals surface area contributed by atoms with Gasteiger partial charge in [-0.1, -0.05) is 30.3 Å². The van der Waals surface area contributed by atoms with Gasteiger partial charge < -0.3 is 5.11 Å². The normalized spacial score (nSPS) is 19.1. The van der Waals surface area contributed by atoms with Crippen LogP contribution in [0.5, 0.6) is 0 Å². The van der Waals surface area contributed by atoms with Crippen LogP contribution < -0.4 is 0 Å². The van der Waals surface area contributed by atoms with Crippen molar-refractivity contribution in [2.45, 2.75) is 18.9 Å². The number of nitrogens with zero attached hydrogens (tertiary/aromatic N) is 1. The number of β-amino-alcohol motifs (C(OH)–C–C–N with tert-alkyl or cyclic N) is 1. The Labute approximate surface area is 106 Å². The molecule has 1 aromatic carbocycles. The Hall–Kier alpha value is -1.94. The Morgan fingerprint density at radius 3 is 2.78 bits per heavy atom. The first-order valence-electron chi connectivity index (χ1n) is 5.91. The predicted molar refractivity (Wildman–Crippen MR) is 66.6 cm³/mol. The molecule has 1 aliphatic rings. The molecule has 4 nitrogen and oxygen atoms in total. The summed E-state index contributed by atoms with van der Waals surface area (Å²) in [6, 6.07) is 9.64. The molecule has 0 saturated carbocycles. The molecule has 1 aromatic rings. The molecule has 0 saturated heterocycles. The molecular formula is C14H15NO3. The SMILES string of the molecule is O=C1C=CC(O)CN1C(=O)CCc1ccccc1. The van der Waals surface area contributed by atoms with Gasteiger partial charge >= 0.3 is 0 Å². The number of rotatable bonds is 3. The lowest BCUT2D eigenvalue weighted by Gasteiger charge is -2.24. The summed E-state index contributed by atoms with van der Waals surface area (Å²) in [4.78, 5) is 24.5.